The Morgan fingerprint density at radius 3 is 2.64 bits per heavy atom. The van der Waals surface area contributed by atoms with Crippen LogP contribution < -0.4 is 10.5 Å². The van der Waals surface area contributed by atoms with Crippen LogP contribution in [0.2, 0.25) is 0 Å². The Bertz CT molecular complexity index is 1050. The predicted molar refractivity (Wildman–Crippen MR) is 95.7 cm³/mol. The van der Waals surface area contributed by atoms with Gasteiger partial charge in [0.2, 0.25) is 5.91 Å². The van der Waals surface area contributed by atoms with Gasteiger partial charge in [0.1, 0.15) is 5.75 Å². The number of hydrogen-bond donors (Lipinski definition) is 1. The van der Waals surface area contributed by atoms with E-state index < -0.39 is 5.91 Å². The highest BCUT2D eigenvalue weighted by atomic mass is 16.5. The number of rotatable bonds is 4. The van der Waals surface area contributed by atoms with Crippen LogP contribution in [0.3, 0.4) is 0 Å². The maximum atomic E-state index is 11.4. The van der Waals surface area contributed by atoms with Crippen LogP contribution in [0, 0.1) is 0 Å². The Labute approximate surface area is 144 Å². The van der Waals surface area contributed by atoms with Gasteiger partial charge in [-0.15, -0.1) is 0 Å². The molecule has 122 valence electrons. The molecule has 0 saturated heterocycles. The molecule has 2 N–H and O–H groups in total. The van der Waals surface area contributed by atoms with Gasteiger partial charge in [-0.25, -0.2) is 4.98 Å². The minimum atomic E-state index is -0.460. The van der Waals surface area contributed by atoms with Crippen molar-refractivity contribution >= 4 is 11.6 Å². The fourth-order valence-electron chi connectivity index (χ4n) is 2.65. The molecule has 0 unspecified atom stereocenters. The summed E-state index contributed by atoms with van der Waals surface area (Å²) in [7, 11) is 0. The highest BCUT2D eigenvalue weighted by molar-refractivity contribution is 5.94. The molecule has 0 saturated carbocycles. The van der Waals surface area contributed by atoms with Gasteiger partial charge in [-0.2, -0.15) is 0 Å². The molecule has 0 bridgehead atoms. The predicted octanol–water partition coefficient (Wildman–Crippen LogP) is 3.89. The minimum absolute atomic E-state index is 0.454. The number of imidazole rings is 1. The zero-order valence-corrected chi connectivity index (χ0v) is 13.3. The summed E-state index contributed by atoms with van der Waals surface area (Å²) in [5.41, 5.74) is 8.08. The molecule has 0 fully saturated rings. The summed E-state index contributed by atoms with van der Waals surface area (Å²) in [6, 6.07) is 20.4. The highest BCUT2D eigenvalue weighted by Crippen LogP contribution is 2.28. The number of amides is 1. The number of fused-ring (bicyclic) bond motifs is 1. The van der Waals surface area contributed by atoms with Gasteiger partial charge in [0.15, 0.2) is 11.4 Å². The summed E-state index contributed by atoms with van der Waals surface area (Å²) in [4.78, 5) is 16.1. The van der Waals surface area contributed by atoms with E-state index in [9.17, 15) is 4.79 Å². The maximum Gasteiger partial charge on any atom is 0.248 e. The van der Waals surface area contributed by atoms with Crippen LogP contribution in [0.5, 0.6) is 11.5 Å². The average molecular weight is 329 g/mol. The van der Waals surface area contributed by atoms with Crippen molar-refractivity contribution in [3.05, 3.63) is 84.7 Å². The van der Waals surface area contributed by atoms with Gasteiger partial charge in [0, 0.05) is 23.5 Å². The number of primary amides is 1. The number of nitrogens with zero attached hydrogens (tertiary/aromatic N) is 2. The van der Waals surface area contributed by atoms with Crippen molar-refractivity contribution in [3.8, 4) is 22.8 Å². The van der Waals surface area contributed by atoms with E-state index in [4.69, 9.17) is 10.5 Å². The number of carbonyl (C=O) groups is 1. The lowest BCUT2D eigenvalue weighted by molar-refractivity contribution is 0.100. The van der Waals surface area contributed by atoms with Crippen LogP contribution in [0.15, 0.2) is 79.1 Å². The molecule has 2 heterocycles. The molecule has 0 radical (unpaired) electrons. The maximum absolute atomic E-state index is 11.4. The summed E-state index contributed by atoms with van der Waals surface area (Å²) >= 11 is 0. The van der Waals surface area contributed by atoms with Crippen molar-refractivity contribution in [2.45, 2.75) is 0 Å². The lowest BCUT2D eigenvalue weighted by Gasteiger charge is -2.06. The van der Waals surface area contributed by atoms with Gasteiger partial charge in [-0.05, 0) is 36.4 Å². The smallest absolute Gasteiger partial charge is 0.248 e. The first-order valence-electron chi connectivity index (χ1n) is 7.81. The zero-order chi connectivity index (χ0) is 17.2. The van der Waals surface area contributed by atoms with Crippen LogP contribution in [0.25, 0.3) is 16.9 Å². The van der Waals surface area contributed by atoms with Crippen LogP contribution >= 0.6 is 0 Å². The van der Waals surface area contributed by atoms with Crippen LogP contribution in [-0.4, -0.2) is 15.3 Å². The van der Waals surface area contributed by atoms with Gasteiger partial charge in [-0.3, -0.25) is 4.79 Å². The van der Waals surface area contributed by atoms with Gasteiger partial charge in [-0.1, -0.05) is 30.3 Å². The van der Waals surface area contributed by atoms with E-state index in [1.165, 1.54) is 0 Å². The molecule has 0 aliphatic rings. The van der Waals surface area contributed by atoms with Crippen molar-refractivity contribution in [1.82, 2.24) is 9.38 Å². The number of nitrogens with two attached hydrogens (primary N) is 1. The van der Waals surface area contributed by atoms with Gasteiger partial charge in [0.25, 0.3) is 0 Å². The molecule has 0 atom stereocenters. The summed E-state index contributed by atoms with van der Waals surface area (Å²) in [5, 5.41) is 0. The Kier molecular flexibility index (Phi) is 3.67. The Morgan fingerprint density at radius 1 is 1.00 bits per heavy atom. The van der Waals surface area contributed by atoms with Crippen molar-refractivity contribution < 1.29 is 9.53 Å². The SMILES string of the molecule is NC(=O)c1cccc(-c2cn3cccc(Oc4ccccc4)c3n2)c1. The second-order valence-electron chi connectivity index (χ2n) is 5.59. The molecule has 0 aliphatic heterocycles. The zero-order valence-electron chi connectivity index (χ0n) is 13.3. The lowest BCUT2D eigenvalue weighted by Crippen LogP contribution is -2.10. The Morgan fingerprint density at radius 2 is 1.84 bits per heavy atom. The first-order chi connectivity index (χ1) is 12.2. The minimum Gasteiger partial charge on any atom is -0.453 e. The van der Waals surface area contributed by atoms with E-state index in [1.54, 1.807) is 18.2 Å². The number of aromatic nitrogens is 2. The number of para-hydroxylation sites is 1. The third kappa shape index (κ3) is 2.95. The summed E-state index contributed by atoms with van der Waals surface area (Å²) < 4.78 is 7.84. The first kappa shape index (κ1) is 15.0. The Hall–Kier alpha value is -3.60. The molecular weight excluding hydrogens is 314 g/mol. The number of benzene rings is 2. The van der Waals surface area contributed by atoms with Crippen LogP contribution in [0.1, 0.15) is 10.4 Å². The van der Waals surface area contributed by atoms with E-state index in [0.717, 1.165) is 17.0 Å². The molecule has 2 aromatic carbocycles. The lowest BCUT2D eigenvalue weighted by atomic mass is 10.1. The monoisotopic (exact) mass is 329 g/mol. The number of ether oxygens (including phenoxy) is 1. The highest BCUT2D eigenvalue weighted by Gasteiger charge is 2.11. The molecule has 0 spiro atoms. The van der Waals surface area contributed by atoms with Crippen molar-refractivity contribution in [3.63, 3.8) is 0 Å². The average Bonchev–Trinajstić information content (AvgIpc) is 3.08. The van der Waals surface area contributed by atoms with E-state index in [2.05, 4.69) is 4.98 Å². The van der Waals surface area contributed by atoms with Crippen LogP contribution in [-0.2, 0) is 0 Å². The van der Waals surface area contributed by atoms with E-state index in [0.29, 0.717) is 17.0 Å². The number of hydrogen-bond acceptors (Lipinski definition) is 3. The van der Waals surface area contributed by atoms with Crippen molar-refractivity contribution in [2.24, 2.45) is 5.73 Å². The molecule has 4 aromatic rings. The van der Waals surface area contributed by atoms with E-state index in [1.807, 2.05) is 65.3 Å². The molecular formula is C20H15N3O2. The number of pyridine rings is 1. The molecule has 5 nitrogen and oxygen atoms in total. The van der Waals surface area contributed by atoms with Crippen LogP contribution in [0.4, 0.5) is 0 Å². The second kappa shape index (κ2) is 6.13. The fourth-order valence-corrected chi connectivity index (χ4v) is 2.65. The quantitative estimate of drug-likeness (QED) is 0.617. The fraction of sp³-hybridized carbons (Fsp3) is 0. The van der Waals surface area contributed by atoms with Gasteiger partial charge >= 0.3 is 0 Å². The second-order valence-corrected chi connectivity index (χ2v) is 5.59. The van der Waals surface area contributed by atoms with Gasteiger partial charge < -0.3 is 14.9 Å². The molecule has 25 heavy (non-hydrogen) atoms. The third-order valence-corrected chi connectivity index (χ3v) is 3.86. The third-order valence-electron chi connectivity index (χ3n) is 3.86. The van der Waals surface area contributed by atoms with Gasteiger partial charge in [0.05, 0.1) is 5.69 Å². The molecule has 0 aliphatic carbocycles. The Balaban J connectivity index is 1.77. The topological polar surface area (TPSA) is 69.6 Å². The number of carbonyl (C=O) groups excluding carboxylic acids is 1. The van der Waals surface area contributed by atoms with E-state index in [-0.39, 0.29) is 0 Å². The first-order valence-corrected chi connectivity index (χ1v) is 7.81. The molecule has 2 aromatic heterocycles. The summed E-state index contributed by atoms with van der Waals surface area (Å²) in [5.74, 6) is 0.945. The van der Waals surface area contributed by atoms with E-state index >= 15 is 0 Å². The molecule has 5 heteroatoms. The molecule has 4 rings (SSSR count). The standard InChI is InChI=1S/C20H15N3O2/c21-19(24)15-7-4-6-14(12-15)17-13-23-11-5-10-18(20(23)22-17)25-16-8-2-1-3-9-16/h1-13H,(H2,21,24). The summed E-state index contributed by atoms with van der Waals surface area (Å²) in [6.07, 6.45) is 3.80. The van der Waals surface area contributed by atoms with Crippen molar-refractivity contribution in [1.29, 1.82) is 0 Å². The normalized spacial score (nSPS) is 10.7. The summed E-state index contributed by atoms with van der Waals surface area (Å²) in [6.45, 7) is 0. The molecule has 1 amide bonds. The van der Waals surface area contributed by atoms with Crippen molar-refractivity contribution in [2.75, 3.05) is 0 Å². The largest absolute Gasteiger partial charge is 0.453 e.